The van der Waals surface area contributed by atoms with Crippen LogP contribution in [-0.4, -0.2) is 12.1 Å². The van der Waals surface area contributed by atoms with Crippen LogP contribution in [0, 0.1) is 0 Å². The number of benzene rings is 2. The summed E-state index contributed by atoms with van der Waals surface area (Å²) in [7, 11) is 0. The maximum Gasteiger partial charge on any atom is 0.0436 e. The highest BCUT2D eigenvalue weighted by Crippen LogP contribution is 2.47. The average Bonchev–Trinajstić information content (AvgIpc) is 2.87. The van der Waals surface area contributed by atoms with Crippen molar-refractivity contribution >= 4 is 5.69 Å². The van der Waals surface area contributed by atoms with Crippen LogP contribution in [0.5, 0.6) is 0 Å². The first kappa shape index (κ1) is 19.0. The molecule has 1 nitrogen and oxygen atoms in total. The molecule has 1 atom stereocenters. The molecule has 0 bridgehead atoms. The molecule has 0 radical (unpaired) electrons. The zero-order valence-electron chi connectivity index (χ0n) is 17.3. The Balaban J connectivity index is 2.06. The van der Waals surface area contributed by atoms with Gasteiger partial charge in [0.05, 0.1) is 0 Å². The van der Waals surface area contributed by atoms with Crippen molar-refractivity contribution in [2.75, 3.05) is 11.4 Å². The third-order valence-corrected chi connectivity index (χ3v) is 6.04. The van der Waals surface area contributed by atoms with Gasteiger partial charge in [-0.2, -0.15) is 0 Å². The number of rotatable bonds is 6. The third-order valence-electron chi connectivity index (χ3n) is 6.04. The van der Waals surface area contributed by atoms with Gasteiger partial charge in [-0.3, -0.25) is 0 Å². The predicted molar refractivity (Wildman–Crippen MR) is 114 cm³/mol. The fraction of sp³-hybridized carbons (Fsp3) is 0.520. The van der Waals surface area contributed by atoms with Crippen molar-refractivity contribution in [3.05, 3.63) is 65.2 Å². The summed E-state index contributed by atoms with van der Waals surface area (Å²) in [5.74, 6) is 0. The minimum absolute atomic E-state index is 0.164. The molecule has 1 saturated heterocycles. The molecule has 0 aromatic heterocycles. The molecule has 140 valence electrons. The molecule has 26 heavy (non-hydrogen) atoms. The summed E-state index contributed by atoms with van der Waals surface area (Å²) in [6, 6.07) is 18.1. The van der Waals surface area contributed by atoms with Crippen molar-refractivity contribution in [1.82, 2.24) is 0 Å². The molecule has 1 heterocycles. The number of hydrogen-bond donors (Lipinski definition) is 0. The van der Waals surface area contributed by atoms with E-state index in [1.165, 1.54) is 54.5 Å². The van der Waals surface area contributed by atoms with E-state index in [1.807, 2.05) is 0 Å². The van der Waals surface area contributed by atoms with Gasteiger partial charge in [0.1, 0.15) is 0 Å². The van der Waals surface area contributed by atoms with Crippen LogP contribution in [0.1, 0.15) is 70.6 Å². The minimum Gasteiger partial charge on any atom is -0.365 e. The second-order valence-electron chi connectivity index (χ2n) is 8.93. The Morgan fingerprint density at radius 3 is 1.92 bits per heavy atom. The Morgan fingerprint density at radius 2 is 1.38 bits per heavy atom. The van der Waals surface area contributed by atoms with E-state index in [9.17, 15) is 0 Å². The summed E-state index contributed by atoms with van der Waals surface area (Å²) in [6.45, 7) is 13.0. The molecule has 1 aliphatic heterocycles. The molecule has 1 fully saturated rings. The first-order chi connectivity index (χ1) is 12.4. The smallest absolute Gasteiger partial charge is 0.0436 e. The van der Waals surface area contributed by atoms with E-state index in [4.69, 9.17) is 0 Å². The summed E-state index contributed by atoms with van der Waals surface area (Å²) in [6.07, 6.45) is 5.93. The van der Waals surface area contributed by atoms with Gasteiger partial charge in [0, 0.05) is 23.2 Å². The summed E-state index contributed by atoms with van der Waals surface area (Å²) >= 11 is 0. The highest BCUT2D eigenvalue weighted by atomic mass is 15.2. The first-order valence-corrected chi connectivity index (χ1v) is 10.4. The quantitative estimate of drug-likeness (QED) is 0.572. The van der Waals surface area contributed by atoms with Gasteiger partial charge in [-0.1, -0.05) is 82.1 Å². The maximum atomic E-state index is 2.73. The molecule has 3 rings (SSSR count). The van der Waals surface area contributed by atoms with Gasteiger partial charge in [-0.05, 0) is 49.8 Å². The summed E-state index contributed by atoms with van der Waals surface area (Å²) in [5, 5.41) is 0. The van der Waals surface area contributed by atoms with E-state index in [2.05, 4.69) is 88.0 Å². The monoisotopic (exact) mass is 349 g/mol. The van der Waals surface area contributed by atoms with Crippen LogP contribution in [0.3, 0.4) is 0 Å². The fourth-order valence-corrected chi connectivity index (χ4v) is 5.02. The molecular weight excluding hydrogens is 314 g/mol. The van der Waals surface area contributed by atoms with Crippen LogP contribution in [-0.2, 0) is 18.3 Å². The van der Waals surface area contributed by atoms with E-state index >= 15 is 0 Å². The van der Waals surface area contributed by atoms with Crippen molar-refractivity contribution < 1.29 is 0 Å². The summed E-state index contributed by atoms with van der Waals surface area (Å²) in [5.41, 5.74) is 6.43. The molecule has 0 amide bonds. The number of anilines is 1. The van der Waals surface area contributed by atoms with Crippen LogP contribution in [0.15, 0.2) is 48.5 Å². The largest absolute Gasteiger partial charge is 0.365 e. The Labute approximate surface area is 160 Å². The number of para-hydroxylation sites is 1. The Bertz CT molecular complexity index is 707. The van der Waals surface area contributed by atoms with Gasteiger partial charge in [0.25, 0.3) is 0 Å². The molecule has 2 aromatic rings. The van der Waals surface area contributed by atoms with Crippen molar-refractivity contribution in [2.24, 2.45) is 0 Å². The first-order valence-electron chi connectivity index (χ1n) is 10.4. The van der Waals surface area contributed by atoms with Crippen LogP contribution >= 0.6 is 0 Å². The van der Waals surface area contributed by atoms with Crippen molar-refractivity contribution in [3.63, 3.8) is 0 Å². The van der Waals surface area contributed by atoms with Gasteiger partial charge < -0.3 is 4.90 Å². The molecule has 0 spiro atoms. The van der Waals surface area contributed by atoms with E-state index in [1.54, 1.807) is 0 Å². The number of nitrogens with zero attached hydrogens (tertiary/aromatic N) is 1. The lowest BCUT2D eigenvalue weighted by Gasteiger charge is -2.37. The topological polar surface area (TPSA) is 3.24 Å². The van der Waals surface area contributed by atoms with Crippen LogP contribution < -0.4 is 4.90 Å². The van der Waals surface area contributed by atoms with Crippen molar-refractivity contribution in [3.8, 4) is 0 Å². The zero-order valence-corrected chi connectivity index (χ0v) is 17.3. The lowest BCUT2D eigenvalue weighted by Crippen LogP contribution is -2.39. The molecule has 2 aromatic carbocycles. The van der Waals surface area contributed by atoms with Crippen LogP contribution in [0.4, 0.5) is 5.69 Å². The van der Waals surface area contributed by atoms with E-state index in [-0.39, 0.29) is 11.0 Å². The molecule has 0 aliphatic carbocycles. The Kier molecular flexibility index (Phi) is 5.46. The normalized spacial score (nSPS) is 22.0. The lowest BCUT2D eigenvalue weighted by atomic mass is 9.78. The maximum absolute atomic E-state index is 2.73. The number of hydrogen-bond acceptors (Lipinski definition) is 1. The van der Waals surface area contributed by atoms with Gasteiger partial charge in [-0.25, -0.2) is 0 Å². The van der Waals surface area contributed by atoms with Crippen molar-refractivity contribution in [2.45, 2.75) is 77.7 Å². The van der Waals surface area contributed by atoms with Gasteiger partial charge in [-0.15, -0.1) is 0 Å². The highest BCUT2D eigenvalue weighted by molar-refractivity contribution is 5.63. The molecule has 1 heteroatoms. The zero-order chi connectivity index (χ0) is 18.8. The lowest BCUT2D eigenvalue weighted by molar-refractivity contribution is 0.444. The highest BCUT2D eigenvalue weighted by Gasteiger charge is 2.47. The predicted octanol–water partition coefficient (Wildman–Crippen LogP) is 6.54. The van der Waals surface area contributed by atoms with E-state index < -0.39 is 0 Å². The summed E-state index contributed by atoms with van der Waals surface area (Å²) < 4.78 is 0. The number of aryl methyl sites for hydroxylation is 2. The van der Waals surface area contributed by atoms with Crippen LogP contribution in [0.25, 0.3) is 0 Å². The van der Waals surface area contributed by atoms with Crippen LogP contribution in [0.2, 0.25) is 0 Å². The fourth-order valence-electron chi connectivity index (χ4n) is 5.02. The van der Waals surface area contributed by atoms with Crippen molar-refractivity contribution in [1.29, 1.82) is 0 Å². The SMILES string of the molecule is CCCc1cccc(CCC)c1N1CC(C)(c2ccccc2)CC1(C)C. The Hall–Kier alpha value is -1.76. The molecule has 1 aliphatic rings. The summed E-state index contributed by atoms with van der Waals surface area (Å²) in [4.78, 5) is 2.73. The Morgan fingerprint density at radius 1 is 0.808 bits per heavy atom. The van der Waals surface area contributed by atoms with E-state index in [0.717, 1.165) is 6.54 Å². The third kappa shape index (κ3) is 3.54. The van der Waals surface area contributed by atoms with E-state index in [0.29, 0.717) is 0 Å². The minimum atomic E-state index is 0.164. The molecule has 0 N–H and O–H groups in total. The average molecular weight is 350 g/mol. The standard InChI is InChI=1S/C25H35N/c1-6-12-20-14-11-15-21(13-7-2)23(20)26-19-25(5,18-24(26,3)4)22-16-9-8-10-17-22/h8-11,14-17H,6-7,12-13,18-19H2,1-5H3. The molecule has 1 unspecified atom stereocenters. The molecular formula is C25H35N. The second-order valence-corrected chi connectivity index (χ2v) is 8.93. The van der Waals surface area contributed by atoms with Gasteiger partial charge in [0.2, 0.25) is 0 Å². The van der Waals surface area contributed by atoms with Gasteiger partial charge in [0.15, 0.2) is 0 Å². The second kappa shape index (κ2) is 7.47. The van der Waals surface area contributed by atoms with Gasteiger partial charge >= 0.3 is 0 Å². The molecule has 0 saturated carbocycles.